The molecule has 4 N–H and O–H groups in total. The lowest BCUT2D eigenvalue weighted by Crippen LogP contribution is -2.05. The number of benzene rings is 1. The van der Waals surface area contributed by atoms with E-state index < -0.39 is 11.7 Å². The number of nitrogens with zero attached hydrogens (tertiary/aromatic N) is 1. The van der Waals surface area contributed by atoms with Gasteiger partial charge < -0.3 is 10.8 Å². The highest BCUT2D eigenvalue weighted by Gasteiger charge is 2.32. The number of alkyl halides is 3. The minimum atomic E-state index is -4.51. The molecule has 2 aromatic rings. The van der Waals surface area contributed by atoms with Crippen LogP contribution in [-0.2, 0) is 6.18 Å². The number of anilines is 1. The third-order valence-corrected chi connectivity index (χ3v) is 2.95. The zero-order valence-corrected chi connectivity index (χ0v) is 10.3. The van der Waals surface area contributed by atoms with Crippen LogP contribution in [0.15, 0.2) is 22.8 Å². The molecule has 2 rings (SSSR count). The SMILES string of the molecule is Nc1[nH]ncc1-c1cc(C(F)(F)F)cc(Br)c1O. The first-order valence-corrected chi connectivity index (χ1v) is 5.49. The van der Waals surface area contributed by atoms with Gasteiger partial charge in [0.1, 0.15) is 11.6 Å². The summed E-state index contributed by atoms with van der Waals surface area (Å²) >= 11 is 2.88. The van der Waals surface area contributed by atoms with Gasteiger partial charge >= 0.3 is 6.18 Å². The molecule has 0 fully saturated rings. The van der Waals surface area contributed by atoms with Crippen molar-refractivity contribution in [3.63, 3.8) is 0 Å². The van der Waals surface area contributed by atoms with Gasteiger partial charge in [-0.05, 0) is 28.1 Å². The van der Waals surface area contributed by atoms with Crippen molar-refractivity contribution in [3.05, 3.63) is 28.4 Å². The highest BCUT2D eigenvalue weighted by atomic mass is 79.9. The molecule has 4 nitrogen and oxygen atoms in total. The monoisotopic (exact) mass is 321 g/mol. The van der Waals surface area contributed by atoms with Gasteiger partial charge in [0.15, 0.2) is 0 Å². The number of aromatic amines is 1. The summed E-state index contributed by atoms with van der Waals surface area (Å²) in [6, 6.07) is 1.62. The molecule has 96 valence electrons. The first-order valence-electron chi connectivity index (χ1n) is 4.69. The predicted molar refractivity (Wildman–Crippen MR) is 62.8 cm³/mol. The van der Waals surface area contributed by atoms with Crippen LogP contribution in [0.25, 0.3) is 11.1 Å². The van der Waals surface area contributed by atoms with Crippen molar-refractivity contribution in [1.82, 2.24) is 10.2 Å². The van der Waals surface area contributed by atoms with Crippen molar-refractivity contribution in [1.29, 1.82) is 0 Å². The Morgan fingerprint density at radius 1 is 1.28 bits per heavy atom. The molecule has 0 radical (unpaired) electrons. The Morgan fingerprint density at radius 3 is 2.44 bits per heavy atom. The van der Waals surface area contributed by atoms with Crippen LogP contribution in [0.2, 0.25) is 0 Å². The Bertz CT molecular complexity index is 595. The van der Waals surface area contributed by atoms with E-state index in [0.717, 1.165) is 12.1 Å². The molecule has 0 atom stereocenters. The first-order chi connectivity index (χ1) is 8.30. The number of nitrogen functional groups attached to an aromatic ring is 1. The van der Waals surface area contributed by atoms with E-state index >= 15 is 0 Å². The number of aromatic hydroxyl groups is 1. The van der Waals surface area contributed by atoms with E-state index in [4.69, 9.17) is 5.73 Å². The highest BCUT2D eigenvalue weighted by Crippen LogP contribution is 2.42. The average Bonchev–Trinajstić information content (AvgIpc) is 2.67. The maximum absolute atomic E-state index is 12.7. The van der Waals surface area contributed by atoms with Gasteiger partial charge in [0.25, 0.3) is 0 Å². The van der Waals surface area contributed by atoms with Crippen LogP contribution in [0, 0.1) is 0 Å². The van der Waals surface area contributed by atoms with Crippen LogP contribution >= 0.6 is 15.9 Å². The summed E-state index contributed by atoms with van der Waals surface area (Å²) < 4.78 is 37.9. The van der Waals surface area contributed by atoms with Gasteiger partial charge in [-0.2, -0.15) is 18.3 Å². The van der Waals surface area contributed by atoms with Crippen molar-refractivity contribution >= 4 is 21.7 Å². The second kappa shape index (κ2) is 4.20. The average molecular weight is 322 g/mol. The number of nitrogens with one attached hydrogen (secondary N) is 1. The van der Waals surface area contributed by atoms with E-state index in [1.807, 2.05) is 0 Å². The van der Waals surface area contributed by atoms with Gasteiger partial charge in [0, 0.05) is 11.1 Å². The smallest absolute Gasteiger partial charge is 0.416 e. The first kappa shape index (κ1) is 12.7. The Balaban J connectivity index is 2.68. The largest absolute Gasteiger partial charge is 0.506 e. The summed E-state index contributed by atoms with van der Waals surface area (Å²) in [5.41, 5.74) is 4.81. The number of rotatable bonds is 1. The number of halogens is 4. The molecule has 0 unspecified atom stereocenters. The Kier molecular flexibility index (Phi) is 2.97. The lowest BCUT2D eigenvalue weighted by molar-refractivity contribution is -0.137. The summed E-state index contributed by atoms with van der Waals surface area (Å²) in [5, 5.41) is 15.8. The van der Waals surface area contributed by atoms with Gasteiger partial charge in [0.2, 0.25) is 0 Å². The highest BCUT2D eigenvalue weighted by molar-refractivity contribution is 9.10. The van der Waals surface area contributed by atoms with E-state index in [9.17, 15) is 18.3 Å². The maximum Gasteiger partial charge on any atom is 0.416 e. The fraction of sp³-hybridized carbons (Fsp3) is 0.100. The summed E-state index contributed by atoms with van der Waals surface area (Å²) in [6.45, 7) is 0. The molecule has 0 amide bonds. The molecule has 0 aliphatic heterocycles. The lowest BCUT2D eigenvalue weighted by Gasteiger charge is -2.11. The van der Waals surface area contributed by atoms with Crippen molar-refractivity contribution in [2.24, 2.45) is 0 Å². The number of phenols is 1. The third kappa shape index (κ3) is 2.15. The van der Waals surface area contributed by atoms with Crippen LogP contribution in [0.3, 0.4) is 0 Å². The van der Waals surface area contributed by atoms with Gasteiger partial charge in [-0.1, -0.05) is 0 Å². The molecule has 0 bridgehead atoms. The minimum Gasteiger partial charge on any atom is -0.506 e. The Morgan fingerprint density at radius 2 is 1.94 bits per heavy atom. The van der Waals surface area contributed by atoms with Crippen molar-refractivity contribution in [3.8, 4) is 16.9 Å². The number of hydrogen-bond acceptors (Lipinski definition) is 3. The number of aromatic nitrogens is 2. The summed E-state index contributed by atoms with van der Waals surface area (Å²) in [7, 11) is 0. The predicted octanol–water partition coefficient (Wildman–Crippen LogP) is 3.15. The molecule has 0 spiro atoms. The molecule has 1 aromatic heterocycles. The molecule has 18 heavy (non-hydrogen) atoms. The van der Waals surface area contributed by atoms with Crippen LogP contribution < -0.4 is 5.73 Å². The zero-order valence-electron chi connectivity index (χ0n) is 8.72. The van der Waals surface area contributed by atoms with Gasteiger partial charge in [-0.25, -0.2) is 0 Å². The normalized spacial score (nSPS) is 11.8. The molecule has 0 aliphatic carbocycles. The van der Waals surface area contributed by atoms with Gasteiger partial charge in [0.05, 0.1) is 16.2 Å². The molecule has 1 aromatic carbocycles. The van der Waals surface area contributed by atoms with Crippen molar-refractivity contribution < 1.29 is 18.3 Å². The number of phenolic OH excluding ortho intramolecular Hbond substituents is 1. The molecule has 1 heterocycles. The molecule has 8 heteroatoms. The fourth-order valence-corrected chi connectivity index (χ4v) is 1.94. The van der Waals surface area contributed by atoms with Crippen molar-refractivity contribution in [2.75, 3.05) is 5.73 Å². The van der Waals surface area contributed by atoms with E-state index in [0.29, 0.717) is 0 Å². The number of H-pyrrole nitrogens is 1. The third-order valence-electron chi connectivity index (χ3n) is 2.35. The summed E-state index contributed by atoms with van der Waals surface area (Å²) in [6.07, 6.45) is -3.26. The lowest BCUT2D eigenvalue weighted by atomic mass is 10.0. The Hall–Kier alpha value is -1.70. The topological polar surface area (TPSA) is 74.9 Å². The summed E-state index contributed by atoms with van der Waals surface area (Å²) in [5.74, 6) is -0.243. The molecular weight excluding hydrogens is 315 g/mol. The van der Waals surface area contributed by atoms with Crippen LogP contribution in [0.4, 0.5) is 19.0 Å². The maximum atomic E-state index is 12.7. The van der Waals surface area contributed by atoms with Crippen LogP contribution in [-0.4, -0.2) is 15.3 Å². The van der Waals surface area contributed by atoms with Crippen molar-refractivity contribution in [2.45, 2.75) is 6.18 Å². The molecule has 0 saturated heterocycles. The zero-order chi connectivity index (χ0) is 13.5. The minimum absolute atomic E-state index is 0.0389. The standard InChI is InChI=1S/C10H7BrF3N3O/c11-7-2-4(10(12,13)14)1-5(8(7)18)6-3-16-17-9(6)15/h1-3,18H,(H3,15,16,17). The summed E-state index contributed by atoms with van der Waals surface area (Å²) in [4.78, 5) is 0. The van der Waals surface area contributed by atoms with E-state index in [2.05, 4.69) is 26.1 Å². The van der Waals surface area contributed by atoms with Gasteiger partial charge in [-0.15, -0.1) is 0 Å². The fourth-order valence-electron chi connectivity index (χ4n) is 1.48. The van der Waals surface area contributed by atoms with E-state index in [1.165, 1.54) is 6.20 Å². The molecule has 0 aliphatic rings. The van der Waals surface area contributed by atoms with Crippen LogP contribution in [0.5, 0.6) is 5.75 Å². The van der Waals surface area contributed by atoms with E-state index in [-0.39, 0.29) is 27.2 Å². The quantitative estimate of drug-likeness (QED) is 0.755. The Labute approximate surface area is 108 Å². The number of nitrogens with two attached hydrogens (primary N) is 1. The second-order valence-electron chi connectivity index (χ2n) is 3.55. The van der Waals surface area contributed by atoms with E-state index in [1.54, 1.807) is 0 Å². The van der Waals surface area contributed by atoms with Crippen LogP contribution in [0.1, 0.15) is 5.56 Å². The molecule has 0 saturated carbocycles. The second-order valence-corrected chi connectivity index (χ2v) is 4.40. The number of hydrogen-bond donors (Lipinski definition) is 3. The van der Waals surface area contributed by atoms with Gasteiger partial charge in [-0.3, -0.25) is 5.10 Å². The molecular formula is C10H7BrF3N3O.